The molecule has 20 heavy (non-hydrogen) atoms. The zero-order chi connectivity index (χ0) is 14.1. The summed E-state index contributed by atoms with van der Waals surface area (Å²) < 4.78 is 0. The minimum Gasteiger partial charge on any atom is -0.409 e. The van der Waals surface area contributed by atoms with Gasteiger partial charge in [-0.1, -0.05) is 5.16 Å². The lowest BCUT2D eigenvalue weighted by Crippen LogP contribution is -2.48. The van der Waals surface area contributed by atoms with Crippen molar-refractivity contribution in [2.75, 3.05) is 31.1 Å². The van der Waals surface area contributed by atoms with Crippen LogP contribution in [0.25, 0.3) is 0 Å². The largest absolute Gasteiger partial charge is 0.409 e. The van der Waals surface area contributed by atoms with E-state index in [1.807, 2.05) is 13.0 Å². The second-order valence-corrected chi connectivity index (χ2v) is 5.57. The summed E-state index contributed by atoms with van der Waals surface area (Å²) >= 11 is 0. The van der Waals surface area contributed by atoms with E-state index < -0.39 is 0 Å². The molecule has 2 fully saturated rings. The zero-order valence-electron chi connectivity index (χ0n) is 11.8. The van der Waals surface area contributed by atoms with Gasteiger partial charge < -0.3 is 15.8 Å². The molecule has 3 N–H and O–H groups in total. The highest BCUT2D eigenvalue weighted by molar-refractivity contribution is 6.02. The van der Waals surface area contributed by atoms with E-state index in [0.29, 0.717) is 0 Å². The third kappa shape index (κ3) is 2.43. The summed E-state index contributed by atoms with van der Waals surface area (Å²) in [5.74, 6) is 0.964. The molecule has 0 unspecified atom stereocenters. The lowest BCUT2D eigenvalue weighted by molar-refractivity contribution is 0.247. The van der Waals surface area contributed by atoms with Crippen LogP contribution < -0.4 is 10.6 Å². The summed E-state index contributed by atoms with van der Waals surface area (Å²) in [6, 6.07) is 2.70. The molecule has 3 rings (SSSR count). The number of hydrogen-bond acceptors (Lipinski definition) is 5. The number of oxime groups is 1. The Kier molecular flexibility index (Phi) is 3.48. The SMILES string of the molecule is Cc1ccnc(N2CCN(C3CC3)CC2)c1/C(N)=N/O. The normalized spacial score (nSPS) is 21.2. The fourth-order valence-electron chi connectivity index (χ4n) is 2.89. The van der Waals surface area contributed by atoms with Gasteiger partial charge in [0.05, 0.1) is 5.56 Å². The molecule has 0 atom stereocenters. The van der Waals surface area contributed by atoms with Gasteiger partial charge in [0.1, 0.15) is 5.82 Å². The summed E-state index contributed by atoms with van der Waals surface area (Å²) in [6.45, 7) is 5.97. The molecule has 108 valence electrons. The van der Waals surface area contributed by atoms with E-state index in [9.17, 15) is 0 Å². The fraction of sp³-hybridized carbons (Fsp3) is 0.571. The molecular formula is C14H21N5O. The van der Waals surface area contributed by atoms with Crippen molar-refractivity contribution < 1.29 is 5.21 Å². The summed E-state index contributed by atoms with van der Waals surface area (Å²) in [5, 5.41) is 12.1. The van der Waals surface area contributed by atoms with Crippen molar-refractivity contribution >= 4 is 11.7 Å². The van der Waals surface area contributed by atoms with Crippen molar-refractivity contribution in [3.63, 3.8) is 0 Å². The number of nitrogens with zero attached hydrogens (tertiary/aromatic N) is 4. The van der Waals surface area contributed by atoms with E-state index >= 15 is 0 Å². The number of pyridine rings is 1. The average molecular weight is 275 g/mol. The molecule has 0 aromatic carbocycles. The Morgan fingerprint density at radius 2 is 2.05 bits per heavy atom. The van der Waals surface area contributed by atoms with Crippen LogP contribution in [0.15, 0.2) is 17.4 Å². The third-order valence-electron chi connectivity index (χ3n) is 4.18. The Morgan fingerprint density at radius 1 is 1.35 bits per heavy atom. The molecule has 0 bridgehead atoms. The van der Waals surface area contributed by atoms with Gasteiger partial charge in [-0.15, -0.1) is 0 Å². The average Bonchev–Trinajstić information content (AvgIpc) is 3.31. The molecule has 1 saturated carbocycles. The molecular weight excluding hydrogens is 254 g/mol. The Bertz CT molecular complexity index is 518. The van der Waals surface area contributed by atoms with Crippen LogP contribution in [0.5, 0.6) is 0 Å². The molecule has 1 aromatic rings. The molecule has 1 aromatic heterocycles. The van der Waals surface area contributed by atoms with E-state index in [2.05, 4.69) is 19.9 Å². The summed E-state index contributed by atoms with van der Waals surface area (Å²) in [5.41, 5.74) is 7.54. The van der Waals surface area contributed by atoms with Crippen molar-refractivity contribution in [1.29, 1.82) is 0 Å². The van der Waals surface area contributed by atoms with Crippen molar-refractivity contribution in [3.05, 3.63) is 23.4 Å². The van der Waals surface area contributed by atoms with Crippen LogP contribution in [0.2, 0.25) is 0 Å². The monoisotopic (exact) mass is 275 g/mol. The zero-order valence-corrected chi connectivity index (χ0v) is 11.8. The van der Waals surface area contributed by atoms with Crippen LogP contribution in [0.1, 0.15) is 24.0 Å². The van der Waals surface area contributed by atoms with Gasteiger partial charge in [-0.05, 0) is 31.4 Å². The van der Waals surface area contributed by atoms with Crippen molar-refractivity contribution in [1.82, 2.24) is 9.88 Å². The summed E-state index contributed by atoms with van der Waals surface area (Å²) in [7, 11) is 0. The first-order chi connectivity index (χ1) is 9.70. The van der Waals surface area contributed by atoms with Gasteiger partial charge in [0.15, 0.2) is 5.84 Å². The predicted octanol–water partition coefficient (Wildman–Crippen LogP) is 0.769. The number of piperazine rings is 1. The number of nitrogens with two attached hydrogens (primary N) is 1. The molecule has 1 aliphatic heterocycles. The first kappa shape index (κ1) is 13.2. The molecule has 0 amide bonds. The second kappa shape index (κ2) is 5.28. The van der Waals surface area contributed by atoms with Crippen LogP contribution in [-0.4, -0.2) is 53.1 Å². The van der Waals surface area contributed by atoms with E-state index in [-0.39, 0.29) is 5.84 Å². The standard InChI is InChI=1S/C14H21N5O/c1-10-4-5-16-14(12(10)13(15)17-20)19-8-6-18(7-9-19)11-2-3-11/h4-5,11,20H,2-3,6-9H2,1H3,(H2,15,17). The van der Waals surface area contributed by atoms with Crippen molar-refractivity contribution in [2.24, 2.45) is 10.9 Å². The van der Waals surface area contributed by atoms with Crippen LogP contribution in [0.4, 0.5) is 5.82 Å². The first-order valence-electron chi connectivity index (χ1n) is 7.13. The quantitative estimate of drug-likeness (QED) is 0.369. The summed E-state index contributed by atoms with van der Waals surface area (Å²) in [4.78, 5) is 9.24. The molecule has 0 radical (unpaired) electrons. The Hall–Kier alpha value is -1.82. The van der Waals surface area contributed by atoms with Gasteiger partial charge >= 0.3 is 0 Å². The van der Waals surface area contributed by atoms with Gasteiger partial charge in [-0.25, -0.2) is 4.98 Å². The second-order valence-electron chi connectivity index (χ2n) is 5.57. The number of rotatable bonds is 3. The molecule has 6 heteroatoms. The Labute approximate surface area is 118 Å². The maximum absolute atomic E-state index is 8.97. The van der Waals surface area contributed by atoms with Gasteiger partial charge in [0, 0.05) is 38.4 Å². The Balaban J connectivity index is 1.81. The highest BCUT2D eigenvalue weighted by atomic mass is 16.4. The predicted molar refractivity (Wildman–Crippen MR) is 78.3 cm³/mol. The number of hydrogen-bond donors (Lipinski definition) is 2. The van der Waals surface area contributed by atoms with Gasteiger partial charge in [-0.2, -0.15) is 0 Å². The molecule has 1 saturated heterocycles. The number of amidine groups is 1. The van der Waals surface area contributed by atoms with Crippen molar-refractivity contribution in [2.45, 2.75) is 25.8 Å². The molecule has 2 heterocycles. The maximum atomic E-state index is 8.97. The smallest absolute Gasteiger partial charge is 0.174 e. The molecule has 1 aliphatic carbocycles. The highest BCUT2D eigenvalue weighted by Crippen LogP contribution is 2.29. The van der Waals surface area contributed by atoms with E-state index in [0.717, 1.165) is 49.2 Å². The van der Waals surface area contributed by atoms with Gasteiger partial charge in [-0.3, -0.25) is 4.90 Å². The van der Waals surface area contributed by atoms with E-state index in [1.165, 1.54) is 12.8 Å². The minimum absolute atomic E-state index is 0.134. The van der Waals surface area contributed by atoms with Gasteiger partial charge in [0.2, 0.25) is 0 Å². The maximum Gasteiger partial charge on any atom is 0.174 e. The molecule has 6 nitrogen and oxygen atoms in total. The molecule has 2 aliphatic rings. The van der Waals surface area contributed by atoms with Crippen LogP contribution in [0, 0.1) is 6.92 Å². The fourth-order valence-corrected chi connectivity index (χ4v) is 2.89. The summed E-state index contributed by atoms with van der Waals surface area (Å²) in [6.07, 6.45) is 4.47. The van der Waals surface area contributed by atoms with Gasteiger partial charge in [0.25, 0.3) is 0 Å². The van der Waals surface area contributed by atoms with Crippen LogP contribution in [-0.2, 0) is 0 Å². The van der Waals surface area contributed by atoms with E-state index in [1.54, 1.807) is 6.20 Å². The topological polar surface area (TPSA) is 78.0 Å². The number of anilines is 1. The Morgan fingerprint density at radius 3 is 2.65 bits per heavy atom. The number of aryl methyl sites for hydroxylation is 1. The molecule has 0 spiro atoms. The first-order valence-corrected chi connectivity index (χ1v) is 7.13. The van der Waals surface area contributed by atoms with E-state index in [4.69, 9.17) is 10.9 Å². The lowest BCUT2D eigenvalue weighted by Gasteiger charge is -2.36. The minimum atomic E-state index is 0.134. The van der Waals surface area contributed by atoms with Crippen LogP contribution >= 0.6 is 0 Å². The highest BCUT2D eigenvalue weighted by Gasteiger charge is 2.32. The number of aromatic nitrogens is 1. The third-order valence-corrected chi connectivity index (χ3v) is 4.18. The lowest BCUT2D eigenvalue weighted by atomic mass is 10.1. The van der Waals surface area contributed by atoms with Crippen LogP contribution in [0.3, 0.4) is 0 Å². The van der Waals surface area contributed by atoms with Crippen molar-refractivity contribution in [3.8, 4) is 0 Å².